The molecule has 2 aromatic rings. The molecule has 0 radical (unpaired) electrons. The molecule has 0 spiro atoms. The first-order chi connectivity index (χ1) is 14.5. The summed E-state index contributed by atoms with van der Waals surface area (Å²) in [5.74, 6) is 0.106. The van der Waals surface area contributed by atoms with E-state index in [-0.39, 0.29) is 11.7 Å². The van der Waals surface area contributed by atoms with Crippen LogP contribution in [0.5, 0.6) is 0 Å². The van der Waals surface area contributed by atoms with Crippen LogP contribution in [0.4, 0.5) is 0 Å². The molecule has 0 bridgehead atoms. The minimum absolute atomic E-state index is 0.0332. The van der Waals surface area contributed by atoms with E-state index in [4.69, 9.17) is 5.10 Å². The van der Waals surface area contributed by atoms with E-state index in [1.54, 1.807) is 6.08 Å². The Morgan fingerprint density at radius 2 is 2.00 bits per heavy atom. The van der Waals surface area contributed by atoms with Gasteiger partial charge in [0.05, 0.1) is 40.3 Å². The van der Waals surface area contributed by atoms with Crippen molar-refractivity contribution < 1.29 is 4.79 Å². The molecule has 2 aromatic heterocycles. The van der Waals surface area contributed by atoms with Gasteiger partial charge in [-0.3, -0.25) is 9.78 Å². The van der Waals surface area contributed by atoms with Crippen molar-refractivity contribution in [3.63, 3.8) is 0 Å². The number of likely N-dealkylation sites (N-methyl/N-ethyl adjacent to an activating group) is 1. The molecular weight excluding hydrogens is 395 g/mol. The molecule has 2 atom stereocenters. The summed E-state index contributed by atoms with van der Waals surface area (Å²) in [6.07, 6.45) is 10.1. The number of rotatable bonds is 3. The van der Waals surface area contributed by atoms with E-state index >= 15 is 0 Å². The number of aryl methyl sites for hydroxylation is 2. The maximum Gasteiger partial charge on any atom is 0.252 e. The predicted octanol–water partition coefficient (Wildman–Crippen LogP) is 2.58. The summed E-state index contributed by atoms with van der Waals surface area (Å²) in [4.78, 5) is 24.2. The number of piperazine rings is 1. The maximum absolute atomic E-state index is 13.0. The summed E-state index contributed by atoms with van der Waals surface area (Å²) >= 11 is 0. The van der Waals surface area contributed by atoms with E-state index in [2.05, 4.69) is 33.9 Å². The first-order valence-electron chi connectivity index (χ1n) is 10.5. The Labute approximate surface area is 178 Å². The van der Waals surface area contributed by atoms with Crippen LogP contribution in [-0.2, 0) is 4.79 Å². The Hall–Kier alpha value is -2.50. The molecule has 2 unspecified atom stereocenters. The highest BCUT2D eigenvalue weighted by Crippen LogP contribution is 2.44. The molecular formula is C22H27N6OP. The van der Waals surface area contributed by atoms with Gasteiger partial charge >= 0.3 is 0 Å². The Bertz CT molecular complexity index is 1090. The molecule has 7 nitrogen and oxygen atoms in total. The molecule has 3 aliphatic heterocycles. The summed E-state index contributed by atoms with van der Waals surface area (Å²) in [5, 5.41) is 5.74. The van der Waals surface area contributed by atoms with Crippen LogP contribution in [0.1, 0.15) is 24.0 Å². The van der Waals surface area contributed by atoms with Gasteiger partial charge in [0.25, 0.3) is 5.91 Å². The monoisotopic (exact) mass is 422 g/mol. The van der Waals surface area contributed by atoms with Crippen LogP contribution in [0, 0.1) is 13.8 Å². The number of allylic oxidation sites excluding steroid dienone is 1. The van der Waals surface area contributed by atoms with Gasteiger partial charge in [0.1, 0.15) is 0 Å². The van der Waals surface area contributed by atoms with Crippen molar-refractivity contribution in [2.24, 2.45) is 0 Å². The largest absolute Gasteiger partial charge is 0.368 e. The van der Waals surface area contributed by atoms with Crippen LogP contribution in [0.15, 0.2) is 42.4 Å². The van der Waals surface area contributed by atoms with Crippen LogP contribution in [-0.4, -0.2) is 73.7 Å². The second-order valence-electron chi connectivity index (χ2n) is 8.05. The van der Waals surface area contributed by atoms with Gasteiger partial charge in [0, 0.05) is 43.8 Å². The van der Waals surface area contributed by atoms with Crippen molar-refractivity contribution in [2.75, 3.05) is 32.7 Å². The molecule has 8 heteroatoms. The van der Waals surface area contributed by atoms with Gasteiger partial charge in [-0.05, 0) is 32.5 Å². The Balaban J connectivity index is 1.38. The topological polar surface area (TPSA) is 57.0 Å². The number of carbonyl (C=O) groups is 1. The van der Waals surface area contributed by atoms with Gasteiger partial charge in [-0.15, -0.1) is 0 Å². The minimum atomic E-state index is 0.0332. The summed E-state index contributed by atoms with van der Waals surface area (Å²) in [6.45, 7) is 11.4. The number of hydrogen-bond acceptors (Lipinski definition) is 5. The third-order valence-electron chi connectivity index (χ3n) is 6.07. The average Bonchev–Trinajstić information content (AvgIpc) is 3.18. The van der Waals surface area contributed by atoms with Crippen LogP contribution in [0.2, 0.25) is 0 Å². The van der Waals surface area contributed by atoms with Gasteiger partial charge in [-0.25, -0.2) is 4.52 Å². The smallest absolute Gasteiger partial charge is 0.252 e. The minimum Gasteiger partial charge on any atom is -0.368 e. The molecule has 30 heavy (non-hydrogen) atoms. The number of nitrogens with zero attached hydrogens (tertiary/aromatic N) is 6. The van der Waals surface area contributed by atoms with Crippen molar-refractivity contribution in [1.82, 2.24) is 29.3 Å². The van der Waals surface area contributed by atoms with E-state index < -0.39 is 0 Å². The zero-order valence-corrected chi connectivity index (χ0v) is 18.7. The average molecular weight is 422 g/mol. The fourth-order valence-corrected chi connectivity index (χ4v) is 5.67. The summed E-state index contributed by atoms with van der Waals surface area (Å²) in [6, 6.07) is 2.05. The van der Waals surface area contributed by atoms with Crippen molar-refractivity contribution in [3.8, 4) is 0 Å². The maximum atomic E-state index is 13.0. The van der Waals surface area contributed by atoms with Crippen LogP contribution >= 0.6 is 8.58 Å². The molecule has 1 amide bonds. The van der Waals surface area contributed by atoms with Gasteiger partial charge < -0.3 is 14.7 Å². The third-order valence-corrected chi connectivity index (χ3v) is 7.54. The lowest BCUT2D eigenvalue weighted by molar-refractivity contribution is -0.123. The molecule has 3 aliphatic rings. The Kier molecular flexibility index (Phi) is 4.95. The van der Waals surface area contributed by atoms with E-state index in [0.717, 1.165) is 66.3 Å². The second kappa shape index (κ2) is 7.64. The zero-order chi connectivity index (χ0) is 20.8. The van der Waals surface area contributed by atoms with Crippen LogP contribution < -0.4 is 0 Å². The Morgan fingerprint density at radius 3 is 2.77 bits per heavy atom. The third kappa shape index (κ3) is 3.46. The summed E-state index contributed by atoms with van der Waals surface area (Å²) in [5.41, 5.74) is 4.89. The predicted molar refractivity (Wildman–Crippen MR) is 120 cm³/mol. The SMILES string of the molecule is CCN1CCN(C2=CN3C(=O)C=C(c4cc5c(C)nc(C)cn5n4)PC3C=C2)CC1. The summed E-state index contributed by atoms with van der Waals surface area (Å²) < 4.78 is 1.87. The normalized spacial score (nSPS) is 23.2. The van der Waals surface area contributed by atoms with Crippen molar-refractivity contribution in [3.05, 3.63) is 59.5 Å². The molecule has 1 saturated heterocycles. The van der Waals surface area contributed by atoms with Crippen molar-refractivity contribution in [1.29, 1.82) is 0 Å². The number of fused-ring (bicyclic) bond motifs is 2. The number of carbonyl (C=O) groups excluding carboxylic acids is 1. The molecule has 0 aliphatic carbocycles. The summed E-state index contributed by atoms with van der Waals surface area (Å²) in [7, 11) is 0.471. The highest BCUT2D eigenvalue weighted by Gasteiger charge is 2.31. The molecule has 0 N–H and O–H groups in total. The first-order valence-corrected chi connectivity index (χ1v) is 11.6. The standard InChI is InChI=1S/C22H27N6OP/c1-4-25-7-9-26(10-8-25)17-5-6-22-27(14-17)21(29)12-20(30-22)18-11-19-16(3)23-15(2)13-28(19)24-18/h5-6,11-14,22,30H,4,7-10H2,1-3H3. The molecule has 5 heterocycles. The van der Waals surface area contributed by atoms with Gasteiger partial charge in [0.2, 0.25) is 0 Å². The van der Waals surface area contributed by atoms with Crippen molar-refractivity contribution in [2.45, 2.75) is 26.6 Å². The highest BCUT2D eigenvalue weighted by molar-refractivity contribution is 7.51. The highest BCUT2D eigenvalue weighted by atomic mass is 31.1. The lowest BCUT2D eigenvalue weighted by Crippen LogP contribution is -2.46. The molecule has 0 aromatic carbocycles. The van der Waals surface area contributed by atoms with E-state index in [9.17, 15) is 4.79 Å². The van der Waals surface area contributed by atoms with E-state index in [1.165, 1.54) is 0 Å². The second-order valence-corrected chi connectivity index (χ2v) is 9.47. The van der Waals surface area contributed by atoms with Gasteiger partial charge in [-0.1, -0.05) is 21.6 Å². The lowest BCUT2D eigenvalue weighted by Gasteiger charge is -2.39. The van der Waals surface area contributed by atoms with E-state index in [0.29, 0.717) is 8.58 Å². The number of hydrogen-bond donors (Lipinski definition) is 0. The lowest BCUT2D eigenvalue weighted by atomic mass is 10.2. The molecule has 0 saturated carbocycles. The quantitative estimate of drug-likeness (QED) is 0.712. The van der Waals surface area contributed by atoms with Gasteiger partial charge in [0.15, 0.2) is 0 Å². The zero-order valence-electron chi connectivity index (χ0n) is 17.7. The van der Waals surface area contributed by atoms with E-state index in [1.807, 2.05) is 41.7 Å². The fraction of sp³-hybridized carbons (Fsp3) is 0.409. The van der Waals surface area contributed by atoms with Crippen LogP contribution in [0.3, 0.4) is 0 Å². The van der Waals surface area contributed by atoms with Gasteiger partial charge in [-0.2, -0.15) is 5.10 Å². The number of amides is 1. The van der Waals surface area contributed by atoms with Crippen molar-refractivity contribution >= 4 is 25.3 Å². The number of aromatic nitrogens is 3. The molecule has 5 rings (SSSR count). The molecule has 1 fully saturated rings. The molecule has 156 valence electrons. The fourth-order valence-electron chi connectivity index (χ4n) is 4.35. The first kappa shape index (κ1) is 19.5. The Morgan fingerprint density at radius 1 is 1.20 bits per heavy atom. The van der Waals surface area contributed by atoms with Crippen LogP contribution in [0.25, 0.3) is 10.8 Å².